The average molecular weight is 386 g/mol. The minimum atomic E-state index is -0.271. The molecule has 6 heteroatoms. The second-order valence-electron chi connectivity index (χ2n) is 8.98. The molecule has 1 rings (SSSR count). The van der Waals surface area contributed by atoms with Gasteiger partial charge in [-0.05, 0) is 24.2 Å². The lowest BCUT2D eigenvalue weighted by molar-refractivity contribution is -0.158. The highest BCUT2D eigenvalue weighted by Crippen LogP contribution is 2.30. The highest BCUT2D eigenvalue weighted by molar-refractivity contribution is 5.76. The number of nitrogens with two attached hydrogens (primary N) is 1. The van der Waals surface area contributed by atoms with E-state index in [0.717, 1.165) is 32.1 Å². The van der Waals surface area contributed by atoms with Crippen molar-refractivity contribution in [2.45, 2.75) is 92.0 Å². The number of rotatable bonds is 12. The molecule has 1 heterocycles. The highest BCUT2D eigenvalue weighted by Gasteiger charge is 2.30. The van der Waals surface area contributed by atoms with Gasteiger partial charge in [-0.15, -0.1) is 0 Å². The van der Waals surface area contributed by atoms with Gasteiger partial charge < -0.3 is 19.9 Å². The molecule has 0 saturated carbocycles. The van der Waals surface area contributed by atoms with Gasteiger partial charge in [0.25, 0.3) is 0 Å². The van der Waals surface area contributed by atoms with E-state index >= 15 is 0 Å². The zero-order chi connectivity index (χ0) is 20.4. The normalized spacial score (nSPS) is 18.9. The van der Waals surface area contributed by atoms with Crippen molar-refractivity contribution in [2.24, 2.45) is 23.0 Å². The Labute approximate surface area is 164 Å². The monoisotopic (exact) mass is 385 g/mol. The molecule has 2 N–H and O–H groups in total. The Balaban J connectivity index is 2.35. The van der Waals surface area contributed by atoms with Gasteiger partial charge >= 0.3 is 5.97 Å². The predicted molar refractivity (Wildman–Crippen MR) is 105 cm³/mol. The minimum absolute atomic E-state index is 0.0589. The molecular formula is C21H39NO5. The van der Waals surface area contributed by atoms with E-state index in [2.05, 4.69) is 27.7 Å². The third-order valence-electron chi connectivity index (χ3n) is 5.20. The van der Waals surface area contributed by atoms with E-state index in [4.69, 9.17) is 19.9 Å². The smallest absolute Gasteiger partial charge is 0.306 e. The van der Waals surface area contributed by atoms with Gasteiger partial charge in [-0.2, -0.15) is 0 Å². The molecule has 0 aromatic carbocycles. The summed E-state index contributed by atoms with van der Waals surface area (Å²) >= 11 is 0. The zero-order valence-electron chi connectivity index (χ0n) is 17.8. The summed E-state index contributed by atoms with van der Waals surface area (Å²) in [6.45, 7) is 11.6. The number of ether oxygens (including phenoxy) is 3. The minimum Gasteiger partial charge on any atom is -0.462 e. The average Bonchev–Trinajstić information content (AvgIpc) is 3.08. The van der Waals surface area contributed by atoms with Crippen molar-refractivity contribution in [3.63, 3.8) is 0 Å². The van der Waals surface area contributed by atoms with Gasteiger partial charge in [0.15, 0.2) is 6.29 Å². The number of carbonyl (C=O) groups is 2. The van der Waals surface area contributed by atoms with E-state index in [1.807, 2.05) is 6.92 Å². The summed E-state index contributed by atoms with van der Waals surface area (Å²) in [6.07, 6.45) is 5.26. The summed E-state index contributed by atoms with van der Waals surface area (Å²) in [4.78, 5) is 23.3. The molecule has 1 aliphatic rings. The molecule has 0 aromatic rings. The van der Waals surface area contributed by atoms with Crippen molar-refractivity contribution >= 4 is 11.9 Å². The van der Waals surface area contributed by atoms with Crippen LogP contribution >= 0.6 is 0 Å². The van der Waals surface area contributed by atoms with Crippen LogP contribution in [0.1, 0.15) is 79.6 Å². The van der Waals surface area contributed by atoms with Crippen LogP contribution in [-0.4, -0.2) is 37.5 Å². The fourth-order valence-corrected chi connectivity index (χ4v) is 3.17. The summed E-state index contributed by atoms with van der Waals surface area (Å²) in [5.74, 6) is -0.0171. The first-order valence-electron chi connectivity index (χ1n) is 10.3. The Morgan fingerprint density at radius 1 is 1.11 bits per heavy atom. The number of amides is 1. The molecule has 158 valence electrons. The maximum Gasteiger partial charge on any atom is 0.306 e. The Bertz CT molecular complexity index is 454. The highest BCUT2D eigenvalue weighted by atomic mass is 16.7. The summed E-state index contributed by atoms with van der Waals surface area (Å²) in [7, 11) is 0. The van der Waals surface area contributed by atoms with Gasteiger partial charge in [0.2, 0.25) is 5.91 Å². The van der Waals surface area contributed by atoms with Crippen LogP contribution in [0.25, 0.3) is 0 Å². The van der Waals surface area contributed by atoms with Gasteiger partial charge in [-0.1, -0.05) is 53.9 Å². The lowest BCUT2D eigenvalue weighted by Crippen LogP contribution is -2.33. The molecular weight excluding hydrogens is 346 g/mol. The van der Waals surface area contributed by atoms with Crippen molar-refractivity contribution in [1.29, 1.82) is 0 Å². The van der Waals surface area contributed by atoms with Gasteiger partial charge in [0.05, 0.1) is 19.6 Å². The fourth-order valence-electron chi connectivity index (χ4n) is 3.17. The second kappa shape index (κ2) is 11.6. The molecule has 0 radical (unpaired) electrons. The predicted octanol–water partition coefficient (Wildman–Crippen LogP) is 3.81. The standard InChI is InChI=1S/C21H39NO5/c1-15(8-6-7-9-16(2)20(22)24)14-17(21(3,4)5)27-18(23)10-11-19-25-12-13-26-19/h15-17,19H,6-14H2,1-5H3,(H2,22,24)/t15-,16-,17-/m1/s1. The summed E-state index contributed by atoms with van der Waals surface area (Å²) in [5, 5.41) is 0. The first kappa shape index (κ1) is 23.9. The number of carbonyl (C=O) groups excluding carboxylic acids is 2. The Hall–Kier alpha value is -1.14. The Kier molecular flexibility index (Phi) is 10.3. The lowest BCUT2D eigenvalue weighted by atomic mass is 9.82. The summed E-state index contributed by atoms with van der Waals surface area (Å²) < 4.78 is 16.5. The molecule has 27 heavy (non-hydrogen) atoms. The second-order valence-corrected chi connectivity index (χ2v) is 8.98. The van der Waals surface area contributed by atoms with Crippen molar-refractivity contribution < 1.29 is 23.8 Å². The van der Waals surface area contributed by atoms with Crippen LogP contribution in [0.15, 0.2) is 0 Å². The first-order chi connectivity index (χ1) is 12.6. The topological polar surface area (TPSA) is 87.9 Å². The van der Waals surface area contributed by atoms with Gasteiger partial charge in [-0.3, -0.25) is 9.59 Å². The van der Waals surface area contributed by atoms with Crippen LogP contribution in [0.2, 0.25) is 0 Å². The van der Waals surface area contributed by atoms with E-state index in [9.17, 15) is 9.59 Å². The molecule has 1 fully saturated rings. The molecule has 0 aromatic heterocycles. The quantitative estimate of drug-likeness (QED) is 0.408. The van der Waals surface area contributed by atoms with Crippen molar-refractivity contribution in [3.8, 4) is 0 Å². The number of esters is 1. The van der Waals surface area contributed by atoms with E-state index in [0.29, 0.717) is 32.0 Å². The van der Waals surface area contributed by atoms with Gasteiger partial charge in [0, 0.05) is 12.3 Å². The largest absolute Gasteiger partial charge is 0.462 e. The number of hydrogen-bond acceptors (Lipinski definition) is 5. The summed E-state index contributed by atoms with van der Waals surface area (Å²) in [5.41, 5.74) is 5.19. The van der Waals surface area contributed by atoms with Crippen LogP contribution in [0.3, 0.4) is 0 Å². The summed E-state index contributed by atoms with van der Waals surface area (Å²) in [6, 6.07) is 0. The van der Waals surface area contributed by atoms with Crippen LogP contribution in [0.4, 0.5) is 0 Å². The molecule has 1 saturated heterocycles. The molecule has 0 bridgehead atoms. The van der Waals surface area contributed by atoms with Crippen molar-refractivity contribution in [3.05, 3.63) is 0 Å². The fraction of sp³-hybridized carbons (Fsp3) is 0.905. The lowest BCUT2D eigenvalue weighted by Gasteiger charge is -2.32. The number of unbranched alkanes of at least 4 members (excludes halogenated alkanes) is 1. The Morgan fingerprint density at radius 3 is 2.26 bits per heavy atom. The van der Waals surface area contributed by atoms with Crippen LogP contribution in [-0.2, 0) is 23.8 Å². The van der Waals surface area contributed by atoms with Crippen LogP contribution in [0.5, 0.6) is 0 Å². The third-order valence-corrected chi connectivity index (χ3v) is 5.20. The number of hydrogen-bond donors (Lipinski definition) is 1. The molecule has 0 aliphatic carbocycles. The van der Waals surface area contributed by atoms with Crippen molar-refractivity contribution in [1.82, 2.24) is 0 Å². The van der Waals surface area contributed by atoms with Crippen LogP contribution < -0.4 is 5.73 Å². The van der Waals surface area contributed by atoms with Crippen LogP contribution in [0, 0.1) is 17.3 Å². The Morgan fingerprint density at radius 2 is 1.70 bits per heavy atom. The molecule has 6 nitrogen and oxygen atoms in total. The molecule has 0 unspecified atom stereocenters. The van der Waals surface area contributed by atoms with E-state index < -0.39 is 0 Å². The molecule has 1 amide bonds. The van der Waals surface area contributed by atoms with E-state index in [1.54, 1.807) is 0 Å². The number of primary amides is 1. The van der Waals surface area contributed by atoms with Gasteiger partial charge in [-0.25, -0.2) is 0 Å². The van der Waals surface area contributed by atoms with E-state index in [-0.39, 0.29) is 35.6 Å². The molecule has 0 spiro atoms. The maximum atomic E-state index is 12.3. The first-order valence-corrected chi connectivity index (χ1v) is 10.3. The molecule has 1 aliphatic heterocycles. The van der Waals surface area contributed by atoms with Gasteiger partial charge in [0.1, 0.15) is 6.10 Å². The molecule has 3 atom stereocenters. The van der Waals surface area contributed by atoms with Crippen molar-refractivity contribution in [2.75, 3.05) is 13.2 Å². The zero-order valence-corrected chi connectivity index (χ0v) is 17.8. The maximum absolute atomic E-state index is 12.3. The third kappa shape index (κ3) is 10.1. The van der Waals surface area contributed by atoms with E-state index in [1.165, 1.54) is 0 Å². The SMILES string of the molecule is C[C@H](CCCC[C@@H](C)C(N)=O)C[C@@H](OC(=O)CCC1OCCO1)C(C)(C)C.